The van der Waals surface area contributed by atoms with Gasteiger partial charge >= 0.3 is 0 Å². The Labute approximate surface area is 108 Å². The van der Waals surface area contributed by atoms with Gasteiger partial charge in [0.1, 0.15) is 6.73 Å². The standard InChI is InChI=1S/C12H20N4OSi/c1-18(2,3)5-4-17-9-16-12-10(7-15-16)6-11(13)8-14-12/h6-8H,4-5,9,13H2,1-3H3. The van der Waals surface area contributed by atoms with Crippen molar-refractivity contribution in [3.8, 4) is 0 Å². The van der Waals surface area contributed by atoms with Crippen LogP contribution in [0.15, 0.2) is 18.5 Å². The molecule has 6 heteroatoms. The Morgan fingerprint density at radius 2 is 2.11 bits per heavy atom. The molecule has 0 amide bonds. The third kappa shape index (κ3) is 3.30. The van der Waals surface area contributed by atoms with Crippen molar-refractivity contribution in [1.29, 1.82) is 0 Å². The summed E-state index contributed by atoms with van der Waals surface area (Å²) in [5, 5.41) is 5.20. The maximum atomic E-state index is 5.68. The van der Waals surface area contributed by atoms with E-state index < -0.39 is 8.07 Å². The van der Waals surface area contributed by atoms with E-state index in [1.807, 2.05) is 6.07 Å². The first kappa shape index (κ1) is 13.0. The van der Waals surface area contributed by atoms with Crippen molar-refractivity contribution in [2.75, 3.05) is 12.3 Å². The molecule has 0 spiro atoms. The zero-order valence-electron chi connectivity index (χ0n) is 11.2. The number of fused-ring (bicyclic) bond motifs is 1. The molecular weight excluding hydrogens is 244 g/mol. The van der Waals surface area contributed by atoms with Gasteiger partial charge in [-0.3, -0.25) is 0 Å². The van der Waals surface area contributed by atoms with Crippen LogP contribution in [0.3, 0.4) is 0 Å². The molecule has 18 heavy (non-hydrogen) atoms. The summed E-state index contributed by atoms with van der Waals surface area (Å²) in [5.41, 5.74) is 7.15. The topological polar surface area (TPSA) is 66.0 Å². The Kier molecular flexibility index (Phi) is 3.67. The van der Waals surface area contributed by atoms with Crippen LogP contribution in [0.1, 0.15) is 0 Å². The third-order valence-electron chi connectivity index (χ3n) is 2.71. The molecule has 0 aliphatic rings. The number of ether oxygens (including phenoxy) is 1. The average Bonchev–Trinajstić information content (AvgIpc) is 2.65. The molecule has 0 atom stereocenters. The van der Waals surface area contributed by atoms with E-state index in [4.69, 9.17) is 10.5 Å². The van der Waals surface area contributed by atoms with Crippen LogP contribution in [-0.2, 0) is 11.5 Å². The van der Waals surface area contributed by atoms with E-state index in [1.54, 1.807) is 17.1 Å². The predicted molar refractivity (Wildman–Crippen MR) is 76.0 cm³/mol. The summed E-state index contributed by atoms with van der Waals surface area (Å²) in [6, 6.07) is 3.03. The summed E-state index contributed by atoms with van der Waals surface area (Å²) in [7, 11) is -1.03. The summed E-state index contributed by atoms with van der Waals surface area (Å²) >= 11 is 0. The minimum Gasteiger partial charge on any atom is -0.397 e. The highest BCUT2D eigenvalue weighted by molar-refractivity contribution is 6.76. The van der Waals surface area contributed by atoms with Gasteiger partial charge in [0.2, 0.25) is 0 Å². The van der Waals surface area contributed by atoms with Gasteiger partial charge in [0.25, 0.3) is 0 Å². The van der Waals surface area contributed by atoms with Crippen LogP contribution in [0, 0.1) is 0 Å². The summed E-state index contributed by atoms with van der Waals surface area (Å²) in [6.45, 7) is 8.24. The van der Waals surface area contributed by atoms with Crippen LogP contribution >= 0.6 is 0 Å². The molecule has 2 rings (SSSR count). The van der Waals surface area contributed by atoms with E-state index in [9.17, 15) is 0 Å². The first-order chi connectivity index (χ1) is 8.46. The molecule has 5 nitrogen and oxygen atoms in total. The fourth-order valence-electron chi connectivity index (χ4n) is 1.61. The van der Waals surface area contributed by atoms with Gasteiger partial charge in [0, 0.05) is 20.1 Å². The Balaban J connectivity index is 1.96. The Hall–Kier alpha value is -1.40. The molecule has 0 aliphatic heterocycles. The second-order valence-electron chi connectivity index (χ2n) is 5.67. The highest BCUT2D eigenvalue weighted by Gasteiger charge is 2.12. The number of hydrogen-bond donors (Lipinski definition) is 1. The van der Waals surface area contributed by atoms with Gasteiger partial charge in [0.05, 0.1) is 18.1 Å². The number of nitrogens with zero attached hydrogens (tertiary/aromatic N) is 3. The molecule has 0 radical (unpaired) electrons. The van der Waals surface area contributed by atoms with Crippen molar-refractivity contribution in [1.82, 2.24) is 14.8 Å². The van der Waals surface area contributed by atoms with E-state index >= 15 is 0 Å². The molecule has 0 aliphatic carbocycles. The third-order valence-corrected chi connectivity index (χ3v) is 4.41. The Morgan fingerprint density at radius 3 is 2.83 bits per heavy atom. The van der Waals surface area contributed by atoms with E-state index in [0.29, 0.717) is 12.4 Å². The molecule has 2 N–H and O–H groups in total. The number of nitrogens with two attached hydrogens (primary N) is 1. The number of rotatable bonds is 5. The van der Waals surface area contributed by atoms with Gasteiger partial charge in [-0.05, 0) is 12.1 Å². The van der Waals surface area contributed by atoms with E-state index in [0.717, 1.165) is 23.7 Å². The predicted octanol–water partition coefficient (Wildman–Crippen LogP) is 2.33. The lowest BCUT2D eigenvalue weighted by molar-refractivity contribution is 0.0813. The van der Waals surface area contributed by atoms with Gasteiger partial charge in [-0.1, -0.05) is 19.6 Å². The molecular formula is C12H20N4OSi. The summed E-state index contributed by atoms with van der Waals surface area (Å²) < 4.78 is 7.42. The molecule has 0 aromatic carbocycles. The van der Waals surface area contributed by atoms with Crippen LogP contribution in [0.25, 0.3) is 11.0 Å². The highest BCUT2D eigenvalue weighted by Crippen LogP contribution is 2.14. The van der Waals surface area contributed by atoms with Crippen LogP contribution in [0.5, 0.6) is 0 Å². The second-order valence-corrected chi connectivity index (χ2v) is 11.3. The second kappa shape index (κ2) is 5.07. The quantitative estimate of drug-likeness (QED) is 0.665. The van der Waals surface area contributed by atoms with E-state index in [2.05, 4.69) is 29.7 Å². The van der Waals surface area contributed by atoms with Crippen molar-refractivity contribution in [2.45, 2.75) is 32.4 Å². The molecule has 98 valence electrons. The normalized spacial score (nSPS) is 12.2. The number of anilines is 1. The van der Waals surface area contributed by atoms with Crippen molar-refractivity contribution in [2.24, 2.45) is 0 Å². The van der Waals surface area contributed by atoms with Gasteiger partial charge in [-0.15, -0.1) is 0 Å². The molecule has 2 aromatic rings. The lowest BCUT2D eigenvalue weighted by Crippen LogP contribution is -2.22. The van der Waals surface area contributed by atoms with Crippen LogP contribution < -0.4 is 5.73 Å². The number of pyridine rings is 1. The smallest absolute Gasteiger partial charge is 0.160 e. The minimum absolute atomic E-state index is 0.449. The van der Waals surface area contributed by atoms with Gasteiger partial charge in [0.15, 0.2) is 5.65 Å². The van der Waals surface area contributed by atoms with Gasteiger partial charge in [-0.2, -0.15) is 5.10 Å². The SMILES string of the molecule is C[Si](C)(C)CCOCn1ncc2cc(N)cnc21. The summed E-state index contributed by atoms with van der Waals surface area (Å²) in [4.78, 5) is 4.27. The van der Waals surface area contributed by atoms with Crippen LogP contribution in [0.2, 0.25) is 25.7 Å². The average molecular weight is 264 g/mol. The zero-order chi connectivity index (χ0) is 13.2. The molecule has 0 saturated heterocycles. The van der Waals surface area contributed by atoms with Crippen LogP contribution in [-0.4, -0.2) is 29.4 Å². The maximum absolute atomic E-state index is 5.68. The van der Waals surface area contributed by atoms with Crippen molar-refractivity contribution in [3.63, 3.8) is 0 Å². The van der Waals surface area contributed by atoms with Crippen molar-refractivity contribution >= 4 is 24.8 Å². The van der Waals surface area contributed by atoms with Gasteiger partial charge in [-0.25, -0.2) is 9.67 Å². The van der Waals surface area contributed by atoms with Crippen molar-refractivity contribution in [3.05, 3.63) is 18.5 Å². The zero-order valence-corrected chi connectivity index (χ0v) is 12.2. The molecule has 2 aromatic heterocycles. The van der Waals surface area contributed by atoms with Gasteiger partial charge < -0.3 is 10.5 Å². The molecule has 0 saturated carbocycles. The number of aromatic nitrogens is 3. The summed E-state index contributed by atoms with van der Waals surface area (Å²) in [5.74, 6) is 0. The number of hydrogen-bond acceptors (Lipinski definition) is 4. The molecule has 0 bridgehead atoms. The minimum atomic E-state index is -1.03. The molecule has 0 unspecified atom stereocenters. The lowest BCUT2D eigenvalue weighted by atomic mass is 10.3. The number of nitrogen functional groups attached to an aromatic ring is 1. The lowest BCUT2D eigenvalue weighted by Gasteiger charge is -2.15. The molecule has 0 fully saturated rings. The first-order valence-electron chi connectivity index (χ1n) is 6.10. The fourth-order valence-corrected chi connectivity index (χ4v) is 2.37. The molecule has 2 heterocycles. The highest BCUT2D eigenvalue weighted by atomic mass is 28.3. The van der Waals surface area contributed by atoms with E-state index in [-0.39, 0.29) is 0 Å². The Bertz CT molecular complexity index is 532. The van der Waals surface area contributed by atoms with Crippen LogP contribution in [0.4, 0.5) is 5.69 Å². The van der Waals surface area contributed by atoms with E-state index in [1.165, 1.54) is 0 Å². The first-order valence-corrected chi connectivity index (χ1v) is 9.81. The van der Waals surface area contributed by atoms with Crippen molar-refractivity contribution < 1.29 is 4.74 Å². The largest absolute Gasteiger partial charge is 0.397 e. The monoisotopic (exact) mass is 264 g/mol. The Morgan fingerprint density at radius 1 is 1.33 bits per heavy atom. The fraction of sp³-hybridized carbons (Fsp3) is 0.500. The summed E-state index contributed by atoms with van der Waals surface area (Å²) in [6.07, 6.45) is 3.41. The maximum Gasteiger partial charge on any atom is 0.160 e.